The first-order valence-corrected chi connectivity index (χ1v) is 10.7. The molecule has 0 saturated heterocycles. The maximum absolute atomic E-state index is 13.2. The van der Waals surface area contributed by atoms with Crippen LogP contribution in [0.4, 0.5) is 5.69 Å². The number of ether oxygens (including phenoxy) is 4. The van der Waals surface area contributed by atoms with Gasteiger partial charge in [0.05, 0.1) is 0 Å². The highest BCUT2D eigenvalue weighted by atomic mass is 16.7. The Morgan fingerprint density at radius 1 is 0.824 bits per heavy atom. The molecule has 1 atom stereocenters. The van der Waals surface area contributed by atoms with Crippen molar-refractivity contribution in [3.8, 4) is 23.0 Å². The molecular formula is C26H22N2O6. The Labute approximate surface area is 196 Å². The van der Waals surface area contributed by atoms with Crippen LogP contribution in [0.1, 0.15) is 22.7 Å². The van der Waals surface area contributed by atoms with Crippen LogP contribution in [-0.2, 0) is 9.59 Å². The Morgan fingerprint density at radius 3 is 2.21 bits per heavy atom. The van der Waals surface area contributed by atoms with Gasteiger partial charge in [0.25, 0.3) is 5.91 Å². The molecule has 5 rings (SSSR count). The molecule has 0 bridgehead atoms. The molecule has 3 aromatic carbocycles. The van der Waals surface area contributed by atoms with E-state index >= 15 is 0 Å². The summed E-state index contributed by atoms with van der Waals surface area (Å²) in [6.45, 7) is 2.28. The second kappa shape index (κ2) is 9.19. The third kappa shape index (κ3) is 4.66. The van der Waals surface area contributed by atoms with Crippen molar-refractivity contribution in [2.45, 2.75) is 13.0 Å². The molecule has 1 unspecified atom stereocenters. The number of hydrogen-bond acceptors (Lipinski definition) is 6. The first-order chi connectivity index (χ1) is 16.5. The standard InChI is InChI=1S/C26H22N2O6/c1-16-2-6-18(7-3-16)25(26(30)27-19-8-10-21-23(13-19)34-15-32-21)28-24(29)11-5-17-4-9-20-22(12-17)33-14-31-20/h2-13,25H,14-15H2,1H3,(H,27,30)(H,28,29). The quantitative estimate of drug-likeness (QED) is 0.543. The normalized spacial score (nSPS) is 14.1. The number of benzene rings is 3. The van der Waals surface area contributed by atoms with Gasteiger partial charge < -0.3 is 29.6 Å². The van der Waals surface area contributed by atoms with Gasteiger partial charge in [0, 0.05) is 17.8 Å². The molecule has 0 spiro atoms. The highest BCUT2D eigenvalue weighted by molar-refractivity contribution is 6.00. The Morgan fingerprint density at radius 2 is 1.47 bits per heavy atom. The minimum absolute atomic E-state index is 0.143. The van der Waals surface area contributed by atoms with E-state index in [1.54, 1.807) is 36.4 Å². The molecule has 0 radical (unpaired) electrons. The van der Waals surface area contributed by atoms with Crippen molar-refractivity contribution >= 4 is 23.6 Å². The molecule has 2 N–H and O–H groups in total. The maximum atomic E-state index is 13.2. The molecule has 0 saturated carbocycles. The van der Waals surface area contributed by atoms with E-state index in [-0.39, 0.29) is 19.5 Å². The lowest BCUT2D eigenvalue weighted by molar-refractivity contribution is -0.123. The van der Waals surface area contributed by atoms with Crippen molar-refractivity contribution in [3.05, 3.63) is 83.4 Å². The van der Waals surface area contributed by atoms with Gasteiger partial charge in [-0.05, 0) is 48.4 Å². The van der Waals surface area contributed by atoms with Crippen molar-refractivity contribution in [2.75, 3.05) is 18.9 Å². The van der Waals surface area contributed by atoms with Crippen LogP contribution >= 0.6 is 0 Å². The Bertz CT molecular complexity index is 1270. The van der Waals surface area contributed by atoms with Gasteiger partial charge in [0.1, 0.15) is 6.04 Å². The monoisotopic (exact) mass is 458 g/mol. The van der Waals surface area contributed by atoms with Gasteiger partial charge in [-0.15, -0.1) is 0 Å². The predicted molar refractivity (Wildman–Crippen MR) is 125 cm³/mol. The summed E-state index contributed by atoms with van der Waals surface area (Å²) < 4.78 is 21.4. The van der Waals surface area contributed by atoms with Crippen LogP contribution in [0.25, 0.3) is 6.08 Å². The minimum atomic E-state index is -0.903. The van der Waals surface area contributed by atoms with Crippen molar-refractivity contribution in [2.24, 2.45) is 0 Å². The molecule has 8 heteroatoms. The fraction of sp³-hybridized carbons (Fsp3) is 0.154. The van der Waals surface area contributed by atoms with Crippen LogP contribution in [0.5, 0.6) is 23.0 Å². The lowest BCUT2D eigenvalue weighted by Gasteiger charge is -2.18. The first-order valence-electron chi connectivity index (χ1n) is 10.7. The zero-order chi connectivity index (χ0) is 23.5. The van der Waals surface area contributed by atoms with Crippen molar-refractivity contribution in [1.82, 2.24) is 5.32 Å². The number of anilines is 1. The maximum Gasteiger partial charge on any atom is 0.251 e. The molecule has 0 aromatic heterocycles. The van der Waals surface area contributed by atoms with Crippen molar-refractivity contribution < 1.29 is 28.5 Å². The van der Waals surface area contributed by atoms with Gasteiger partial charge in [0.2, 0.25) is 19.5 Å². The van der Waals surface area contributed by atoms with Crippen LogP contribution in [-0.4, -0.2) is 25.4 Å². The first kappa shape index (κ1) is 21.4. The third-order valence-corrected chi connectivity index (χ3v) is 5.42. The summed E-state index contributed by atoms with van der Waals surface area (Å²) in [7, 11) is 0. The molecule has 0 aliphatic carbocycles. The van der Waals surface area contributed by atoms with Crippen LogP contribution in [0, 0.1) is 6.92 Å². The zero-order valence-electron chi connectivity index (χ0n) is 18.4. The summed E-state index contributed by atoms with van der Waals surface area (Å²) in [6, 6.07) is 17.1. The van der Waals surface area contributed by atoms with E-state index in [1.165, 1.54) is 6.08 Å². The highest BCUT2D eigenvalue weighted by Crippen LogP contribution is 2.35. The number of hydrogen-bond donors (Lipinski definition) is 2. The van der Waals surface area contributed by atoms with E-state index in [4.69, 9.17) is 18.9 Å². The Balaban J connectivity index is 1.32. The topological polar surface area (TPSA) is 95.1 Å². The fourth-order valence-corrected chi connectivity index (χ4v) is 3.63. The van der Waals surface area contributed by atoms with Gasteiger partial charge in [-0.1, -0.05) is 35.9 Å². The average Bonchev–Trinajstić information content (AvgIpc) is 3.50. The van der Waals surface area contributed by atoms with E-state index in [0.29, 0.717) is 34.2 Å². The number of carbonyl (C=O) groups is 2. The zero-order valence-corrected chi connectivity index (χ0v) is 18.4. The van der Waals surface area contributed by atoms with Crippen LogP contribution in [0.2, 0.25) is 0 Å². The summed E-state index contributed by atoms with van der Waals surface area (Å²) in [5, 5.41) is 5.65. The number of nitrogens with one attached hydrogen (secondary N) is 2. The van der Waals surface area contributed by atoms with Gasteiger partial charge in [-0.3, -0.25) is 9.59 Å². The molecule has 2 amide bonds. The summed E-state index contributed by atoms with van der Waals surface area (Å²) >= 11 is 0. The van der Waals surface area contributed by atoms with Crippen molar-refractivity contribution in [3.63, 3.8) is 0 Å². The number of amides is 2. The average molecular weight is 458 g/mol. The number of carbonyl (C=O) groups excluding carboxylic acids is 2. The molecule has 2 aliphatic rings. The van der Waals surface area contributed by atoms with Crippen LogP contribution in [0.15, 0.2) is 66.7 Å². The lowest BCUT2D eigenvalue weighted by Crippen LogP contribution is -2.36. The summed E-state index contributed by atoms with van der Waals surface area (Å²) in [6.07, 6.45) is 3.03. The largest absolute Gasteiger partial charge is 0.454 e. The van der Waals surface area contributed by atoms with E-state index in [9.17, 15) is 9.59 Å². The molecular weight excluding hydrogens is 436 g/mol. The van der Waals surface area contributed by atoms with E-state index < -0.39 is 11.9 Å². The number of aryl methyl sites for hydroxylation is 1. The highest BCUT2D eigenvalue weighted by Gasteiger charge is 2.23. The Kier molecular flexibility index (Phi) is 5.78. The smallest absolute Gasteiger partial charge is 0.251 e. The lowest BCUT2D eigenvalue weighted by atomic mass is 10.0. The molecule has 3 aromatic rings. The third-order valence-electron chi connectivity index (χ3n) is 5.42. The Hall–Kier alpha value is -4.46. The van der Waals surface area contributed by atoms with Crippen molar-refractivity contribution in [1.29, 1.82) is 0 Å². The summed E-state index contributed by atoms with van der Waals surface area (Å²) in [4.78, 5) is 25.9. The van der Waals surface area contributed by atoms with Gasteiger partial charge >= 0.3 is 0 Å². The van der Waals surface area contributed by atoms with E-state index in [0.717, 1.165) is 11.1 Å². The molecule has 172 valence electrons. The van der Waals surface area contributed by atoms with E-state index in [1.807, 2.05) is 37.3 Å². The van der Waals surface area contributed by atoms with Crippen LogP contribution in [0.3, 0.4) is 0 Å². The second-order valence-corrected chi connectivity index (χ2v) is 7.86. The molecule has 8 nitrogen and oxygen atoms in total. The van der Waals surface area contributed by atoms with Gasteiger partial charge in [0.15, 0.2) is 23.0 Å². The van der Waals surface area contributed by atoms with Gasteiger partial charge in [-0.25, -0.2) is 0 Å². The minimum Gasteiger partial charge on any atom is -0.454 e. The SMILES string of the molecule is Cc1ccc(C(NC(=O)C=Cc2ccc3c(c2)OCO3)C(=O)Nc2ccc3c(c2)OCO3)cc1. The number of rotatable bonds is 6. The molecule has 34 heavy (non-hydrogen) atoms. The molecule has 0 fully saturated rings. The van der Waals surface area contributed by atoms with E-state index in [2.05, 4.69) is 10.6 Å². The molecule has 2 heterocycles. The molecule has 2 aliphatic heterocycles. The fourth-order valence-electron chi connectivity index (χ4n) is 3.63. The summed E-state index contributed by atoms with van der Waals surface area (Å²) in [5.41, 5.74) is 3.02. The van der Waals surface area contributed by atoms with Crippen LogP contribution < -0.4 is 29.6 Å². The van der Waals surface area contributed by atoms with Gasteiger partial charge in [-0.2, -0.15) is 0 Å². The second-order valence-electron chi connectivity index (χ2n) is 7.86. The predicted octanol–water partition coefficient (Wildman–Crippen LogP) is 3.96. The summed E-state index contributed by atoms with van der Waals surface area (Å²) in [5.74, 6) is 1.68. The number of fused-ring (bicyclic) bond motifs is 2.